The van der Waals surface area contributed by atoms with Gasteiger partial charge in [-0.2, -0.15) is 0 Å². The molecule has 0 unspecified atom stereocenters. The summed E-state index contributed by atoms with van der Waals surface area (Å²) in [6.45, 7) is 4.76. The van der Waals surface area contributed by atoms with Crippen LogP contribution in [0.25, 0.3) is 10.8 Å². The van der Waals surface area contributed by atoms with E-state index in [0.29, 0.717) is 23.5 Å². The number of carbonyl (C=O) groups is 1. The minimum Gasteiger partial charge on any atom is -0.340 e. The van der Waals surface area contributed by atoms with E-state index in [4.69, 9.17) is 0 Å². The number of rotatable bonds is 3. The van der Waals surface area contributed by atoms with Gasteiger partial charge < -0.3 is 9.88 Å². The molecule has 0 atom stereocenters. The van der Waals surface area contributed by atoms with Crippen molar-refractivity contribution in [2.75, 3.05) is 13.6 Å². The second-order valence-corrected chi connectivity index (χ2v) is 5.18. The molecule has 0 saturated heterocycles. The number of benzene rings is 1. The highest BCUT2D eigenvalue weighted by atomic mass is 16.2. The monoisotopic (exact) mass is 258 g/mol. The standard InChI is InChI=1S/C15H18N2O2/c1-10(2)9-17(3)15(19)13-8-11-6-4-5-7-12(11)14(18)16-13/h4-8,10H,9H2,1-3H3,(H,16,18). The summed E-state index contributed by atoms with van der Waals surface area (Å²) in [5.74, 6) is 0.234. The van der Waals surface area contributed by atoms with Crippen LogP contribution in [-0.4, -0.2) is 29.4 Å². The minimum absolute atomic E-state index is 0.156. The van der Waals surface area contributed by atoms with Crippen molar-refractivity contribution in [1.82, 2.24) is 9.88 Å². The second kappa shape index (κ2) is 5.26. The summed E-state index contributed by atoms with van der Waals surface area (Å²) >= 11 is 0. The van der Waals surface area contributed by atoms with Gasteiger partial charge in [0.25, 0.3) is 11.5 Å². The maximum absolute atomic E-state index is 12.2. The van der Waals surface area contributed by atoms with Gasteiger partial charge in [0.2, 0.25) is 0 Å². The molecule has 0 fully saturated rings. The highest BCUT2D eigenvalue weighted by Gasteiger charge is 2.14. The number of amides is 1. The summed E-state index contributed by atoms with van der Waals surface area (Å²) in [6, 6.07) is 8.98. The van der Waals surface area contributed by atoms with Crippen LogP contribution in [0.5, 0.6) is 0 Å². The predicted octanol–water partition coefficient (Wildman–Crippen LogP) is 2.26. The summed E-state index contributed by atoms with van der Waals surface area (Å²) in [5, 5.41) is 1.39. The number of carbonyl (C=O) groups excluding carboxylic acids is 1. The van der Waals surface area contributed by atoms with Gasteiger partial charge in [0.1, 0.15) is 5.69 Å². The van der Waals surface area contributed by atoms with E-state index in [9.17, 15) is 9.59 Å². The number of pyridine rings is 1. The third-order valence-corrected chi connectivity index (χ3v) is 2.97. The molecule has 0 spiro atoms. The average Bonchev–Trinajstić information content (AvgIpc) is 2.37. The van der Waals surface area contributed by atoms with Crippen LogP contribution in [0.1, 0.15) is 24.3 Å². The Morgan fingerprint density at radius 1 is 1.32 bits per heavy atom. The van der Waals surface area contributed by atoms with Crippen molar-refractivity contribution in [2.24, 2.45) is 5.92 Å². The van der Waals surface area contributed by atoms with Crippen molar-refractivity contribution in [3.8, 4) is 0 Å². The van der Waals surface area contributed by atoms with Crippen LogP contribution in [0.2, 0.25) is 0 Å². The Bertz CT molecular complexity index is 658. The maximum atomic E-state index is 12.2. The van der Waals surface area contributed by atoms with E-state index in [1.807, 2.05) is 32.0 Å². The lowest BCUT2D eigenvalue weighted by atomic mass is 10.1. The van der Waals surface area contributed by atoms with Crippen molar-refractivity contribution in [3.05, 3.63) is 46.4 Å². The lowest BCUT2D eigenvalue weighted by Gasteiger charge is -2.19. The molecule has 0 aliphatic carbocycles. The summed E-state index contributed by atoms with van der Waals surface area (Å²) in [4.78, 5) is 28.4. The van der Waals surface area contributed by atoms with Crippen molar-refractivity contribution in [3.63, 3.8) is 0 Å². The Labute approximate surface area is 112 Å². The molecule has 2 aromatic rings. The Morgan fingerprint density at radius 2 is 2.00 bits per heavy atom. The third-order valence-electron chi connectivity index (χ3n) is 2.97. The van der Waals surface area contributed by atoms with Crippen LogP contribution < -0.4 is 5.56 Å². The summed E-state index contributed by atoms with van der Waals surface area (Å²) in [6.07, 6.45) is 0. The van der Waals surface area contributed by atoms with Gasteiger partial charge in [-0.3, -0.25) is 9.59 Å². The van der Waals surface area contributed by atoms with Crippen molar-refractivity contribution in [1.29, 1.82) is 0 Å². The predicted molar refractivity (Wildman–Crippen MR) is 76.4 cm³/mol. The quantitative estimate of drug-likeness (QED) is 0.918. The number of nitrogens with one attached hydrogen (secondary N) is 1. The third kappa shape index (κ3) is 2.84. The first-order chi connectivity index (χ1) is 8.99. The Hall–Kier alpha value is -2.10. The van der Waals surface area contributed by atoms with Crippen LogP contribution in [0.15, 0.2) is 35.1 Å². The summed E-state index contributed by atoms with van der Waals surface area (Å²) in [5.41, 5.74) is 0.117. The zero-order valence-electron chi connectivity index (χ0n) is 11.4. The molecule has 0 radical (unpaired) electrons. The van der Waals surface area contributed by atoms with E-state index in [-0.39, 0.29) is 11.5 Å². The van der Waals surface area contributed by atoms with Crippen molar-refractivity contribution >= 4 is 16.7 Å². The van der Waals surface area contributed by atoms with E-state index in [1.54, 1.807) is 24.1 Å². The van der Waals surface area contributed by atoms with E-state index in [0.717, 1.165) is 5.39 Å². The maximum Gasteiger partial charge on any atom is 0.270 e. The molecule has 1 aromatic heterocycles. The first-order valence-corrected chi connectivity index (χ1v) is 6.36. The van der Waals surface area contributed by atoms with Crippen molar-refractivity contribution in [2.45, 2.75) is 13.8 Å². The van der Waals surface area contributed by atoms with Crippen LogP contribution in [-0.2, 0) is 0 Å². The van der Waals surface area contributed by atoms with Gasteiger partial charge in [-0.05, 0) is 23.4 Å². The molecule has 2 rings (SSSR count). The fraction of sp³-hybridized carbons (Fsp3) is 0.333. The van der Waals surface area contributed by atoms with Gasteiger partial charge in [-0.15, -0.1) is 0 Å². The highest BCUT2D eigenvalue weighted by molar-refractivity contribution is 5.96. The molecule has 1 N–H and O–H groups in total. The SMILES string of the molecule is CC(C)CN(C)C(=O)c1cc2ccccc2c(=O)[nH]1. The normalized spacial score (nSPS) is 10.9. The van der Waals surface area contributed by atoms with E-state index in [1.165, 1.54) is 0 Å². The Balaban J connectivity index is 2.41. The van der Waals surface area contributed by atoms with Gasteiger partial charge in [0, 0.05) is 19.0 Å². The van der Waals surface area contributed by atoms with E-state index in [2.05, 4.69) is 4.98 Å². The number of aromatic amines is 1. The van der Waals surface area contributed by atoms with E-state index >= 15 is 0 Å². The van der Waals surface area contributed by atoms with Crippen LogP contribution in [0, 0.1) is 5.92 Å². The zero-order chi connectivity index (χ0) is 14.0. The van der Waals surface area contributed by atoms with Crippen LogP contribution in [0.3, 0.4) is 0 Å². The number of hydrogen-bond acceptors (Lipinski definition) is 2. The molecule has 1 aromatic carbocycles. The van der Waals surface area contributed by atoms with Gasteiger partial charge >= 0.3 is 0 Å². The lowest BCUT2D eigenvalue weighted by Crippen LogP contribution is -2.32. The van der Waals surface area contributed by atoms with Crippen LogP contribution >= 0.6 is 0 Å². The smallest absolute Gasteiger partial charge is 0.270 e. The lowest BCUT2D eigenvalue weighted by molar-refractivity contribution is 0.0773. The molecule has 0 aliphatic heterocycles. The van der Waals surface area contributed by atoms with Gasteiger partial charge in [0.15, 0.2) is 0 Å². The van der Waals surface area contributed by atoms with Crippen LogP contribution in [0.4, 0.5) is 0 Å². The fourth-order valence-corrected chi connectivity index (χ4v) is 2.16. The topological polar surface area (TPSA) is 53.2 Å². The van der Waals surface area contributed by atoms with Crippen molar-refractivity contribution < 1.29 is 4.79 Å². The molecule has 1 amide bonds. The molecule has 0 bridgehead atoms. The zero-order valence-corrected chi connectivity index (χ0v) is 11.4. The molecule has 19 heavy (non-hydrogen) atoms. The van der Waals surface area contributed by atoms with Gasteiger partial charge in [0.05, 0.1) is 0 Å². The number of aromatic nitrogens is 1. The number of nitrogens with zero attached hydrogens (tertiary/aromatic N) is 1. The number of hydrogen-bond donors (Lipinski definition) is 1. The number of fused-ring (bicyclic) bond motifs is 1. The minimum atomic E-state index is -0.223. The molecular formula is C15H18N2O2. The largest absolute Gasteiger partial charge is 0.340 e. The first kappa shape index (κ1) is 13.3. The molecule has 0 aliphatic rings. The van der Waals surface area contributed by atoms with E-state index < -0.39 is 0 Å². The molecule has 4 heteroatoms. The Kier molecular flexibility index (Phi) is 3.69. The van der Waals surface area contributed by atoms with Gasteiger partial charge in [-0.1, -0.05) is 32.0 Å². The average molecular weight is 258 g/mol. The van der Waals surface area contributed by atoms with Gasteiger partial charge in [-0.25, -0.2) is 0 Å². The highest BCUT2D eigenvalue weighted by Crippen LogP contribution is 2.11. The summed E-state index contributed by atoms with van der Waals surface area (Å²) < 4.78 is 0. The number of H-pyrrole nitrogens is 1. The fourth-order valence-electron chi connectivity index (χ4n) is 2.16. The molecule has 100 valence electrons. The molecule has 0 saturated carbocycles. The molecule has 4 nitrogen and oxygen atoms in total. The first-order valence-electron chi connectivity index (χ1n) is 6.36. The second-order valence-electron chi connectivity index (χ2n) is 5.18. The summed E-state index contributed by atoms with van der Waals surface area (Å²) in [7, 11) is 1.75. The molecule has 1 heterocycles. The molecular weight excluding hydrogens is 240 g/mol. The Morgan fingerprint density at radius 3 is 2.68 bits per heavy atom.